The lowest BCUT2D eigenvalue weighted by atomic mass is 10.0. The van der Waals surface area contributed by atoms with Gasteiger partial charge in [-0.3, -0.25) is 0 Å². The van der Waals surface area contributed by atoms with E-state index in [2.05, 4.69) is 11.4 Å². The second-order valence-electron chi connectivity index (χ2n) is 4.08. The van der Waals surface area contributed by atoms with Crippen molar-refractivity contribution in [3.05, 3.63) is 39.4 Å². The zero-order valence-electron chi connectivity index (χ0n) is 9.10. The third-order valence-electron chi connectivity index (χ3n) is 2.79. The summed E-state index contributed by atoms with van der Waals surface area (Å²) in [5.41, 5.74) is 2.63. The molecule has 1 nitrogen and oxygen atoms in total. The number of rotatable bonds is 1. The van der Waals surface area contributed by atoms with Crippen LogP contribution in [0.2, 0.25) is 10.0 Å². The molecule has 0 spiro atoms. The van der Waals surface area contributed by atoms with E-state index < -0.39 is 0 Å². The van der Waals surface area contributed by atoms with Gasteiger partial charge in [0, 0.05) is 0 Å². The molecule has 0 radical (unpaired) electrons. The molecule has 0 amide bonds. The van der Waals surface area contributed by atoms with Gasteiger partial charge in [0.25, 0.3) is 0 Å². The minimum absolute atomic E-state index is 0.617. The zero-order chi connectivity index (χ0) is 11.4. The minimum atomic E-state index is 0.617. The Hall–Kier alpha value is -0.500. The van der Waals surface area contributed by atoms with Gasteiger partial charge in [-0.05, 0) is 50.0 Å². The lowest BCUT2D eigenvalue weighted by molar-refractivity contribution is 0.703. The molecule has 0 bridgehead atoms. The average Bonchev–Trinajstić information content (AvgIpc) is 2.52. The van der Waals surface area contributed by atoms with Gasteiger partial charge in [-0.2, -0.15) is 0 Å². The molecule has 16 heavy (non-hydrogen) atoms. The van der Waals surface area contributed by atoms with Crippen molar-refractivity contribution in [3.63, 3.8) is 0 Å². The van der Waals surface area contributed by atoms with E-state index in [1.807, 2.05) is 18.2 Å². The van der Waals surface area contributed by atoms with E-state index in [0.717, 1.165) is 25.1 Å². The quantitative estimate of drug-likeness (QED) is 0.795. The topological polar surface area (TPSA) is 12.0 Å². The molecule has 0 unspecified atom stereocenters. The van der Waals surface area contributed by atoms with Crippen LogP contribution in [-0.4, -0.2) is 13.1 Å². The molecule has 1 N–H and O–H groups in total. The van der Waals surface area contributed by atoms with Crippen molar-refractivity contribution >= 4 is 29.3 Å². The number of benzene rings is 1. The Morgan fingerprint density at radius 2 is 1.94 bits per heavy atom. The fourth-order valence-corrected chi connectivity index (χ4v) is 2.23. The largest absolute Gasteiger partial charge is 0.316 e. The Morgan fingerprint density at radius 3 is 2.75 bits per heavy atom. The lowest BCUT2D eigenvalue weighted by Gasteiger charge is -2.03. The Balaban J connectivity index is 2.17. The molecule has 1 aromatic carbocycles. The zero-order valence-corrected chi connectivity index (χ0v) is 10.6. The number of hydrogen-bond acceptors (Lipinski definition) is 1. The molecule has 0 aliphatic carbocycles. The van der Waals surface area contributed by atoms with Crippen molar-refractivity contribution in [1.82, 2.24) is 5.32 Å². The molecule has 1 aromatic rings. The number of hydrogen-bond donors (Lipinski definition) is 1. The first-order valence-electron chi connectivity index (χ1n) is 5.61. The van der Waals surface area contributed by atoms with Crippen LogP contribution in [0.25, 0.3) is 6.08 Å². The summed E-state index contributed by atoms with van der Waals surface area (Å²) in [7, 11) is 0. The highest BCUT2D eigenvalue weighted by molar-refractivity contribution is 6.42. The van der Waals surface area contributed by atoms with Gasteiger partial charge in [-0.25, -0.2) is 0 Å². The second-order valence-corrected chi connectivity index (χ2v) is 4.89. The molecule has 0 atom stereocenters. The molecule has 0 aromatic heterocycles. The summed E-state index contributed by atoms with van der Waals surface area (Å²) >= 11 is 11.9. The van der Waals surface area contributed by atoms with Gasteiger partial charge < -0.3 is 5.32 Å². The van der Waals surface area contributed by atoms with E-state index in [1.165, 1.54) is 18.4 Å². The standard InChI is InChI=1S/C13H15Cl2N/c14-12-4-3-11(9-13(12)15)8-10-2-1-6-16-7-5-10/h3-4,8-9,16H,1-2,5-7H2/b10-8-. The third-order valence-corrected chi connectivity index (χ3v) is 3.53. The van der Waals surface area contributed by atoms with Crippen LogP contribution in [0.1, 0.15) is 24.8 Å². The first kappa shape index (κ1) is 12.0. The van der Waals surface area contributed by atoms with Crippen molar-refractivity contribution < 1.29 is 0 Å². The highest BCUT2D eigenvalue weighted by Gasteiger charge is 2.04. The normalized spacial score (nSPS) is 19.8. The molecule has 0 saturated carbocycles. The Bertz CT molecular complexity index is 389. The van der Waals surface area contributed by atoms with Crippen LogP contribution in [0.15, 0.2) is 23.8 Å². The van der Waals surface area contributed by atoms with Crippen LogP contribution in [0.3, 0.4) is 0 Å². The lowest BCUT2D eigenvalue weighted by Crippen LogP contribution is -2.13. The minimum Gasteiger partial charge on any atom is -0.316 e. The Morgan fingerprint density at radius 1 is 1.06 bits per heavy atom. The highest BCUT2D eigenvalue weighted by Crippen LogP contribution is 2.25. The van der Waals surface area contributed by atoms with Gasteiger partial charge in [-0.1, -0.05) is 40.9 Å². The number of halogens is 2. The van der Waals surface area contributed by atoms with E-state index in [-0.39, 0.29) is 0 Å². The molecule has 2 rings (SSSR count). The molecule has 86 valence electrons. The van der Waals surface area contributed by atoms with Gasteiger partial charge in [-0.15, -0.1) is 0 Å². The van der Waals surface area contributed by atoms with E-state index >= 15 is 0 Å². The fourth-order valence-electron chi connectivity index (χ4n) is 1.92. The van der Waals surface area contributed by atoms with E-state index in [0.29, 0.717) is 10.0 Å². The van der Waals surface area contributed by atoms with Crippen LogP contribution in [-0.2, 0) is 0 Å². The SMILES string of the molecule is Clc1ccc(/C=C2/CCCNCC2)cc1Cl. The molecule has 1 fully saturated rings. The van der Waals surface area contributed by atoms with Crippen LogP contribution in [0.4, 0.5) is 0 Å². The van der Waals surface area contributed by atoms with Crippen LogP contribution < -0.4 is 5.32 Å². The Kier molecular flexibility index (Phi) is 4.28. The van der Waals surface area contributed by atoms with Gasteiger partial charge in [0.1, 0.15) is 0 Å². The van der Waals surface area contributed by atoms with E-state index in [4.69, 9.17) is 23.2 Å². The predicted molar refractivity (Wildman–Crippen MR) is 71.2 cm³/mol. The molecule has 1 aliphatic heterocycles. The summed E-state index contributed by atoms with van der Waals surface area (Å²) in [6.45, 7) is 2.20. The second kappa shape index (κ2) is 5.72. The maximum absolute atomic E-state index is 5.99. The summed E-state index contributed by atoms with van der Waals surface area (Å²) in [5.74, 6) is 0. The maximum Gasteiger partial charge on any atom is 0.0598 e. The van der Waals surface area contributed by atoms with Gasteiger partial charge in [0.05, 0.1) is 10.0 Å². The van der Waals surface area contributed by atoms with Crippen LogP contribution in [0.5, 0.6) is 0 Å². The number of nitrogens with one attached hydrogen (secondary N) is 1. The van der Waals surface area contributed by atoms with Crippen LogP contribution in [0, 0.1) is 0 Å². The van der Waals surface area contributed by atoms with Crippen molar-refractivity contribution in [3.8, 4) is 0 Å². The summed E-state index contributed by atoms with van der Waals surface area (Å²) in [6, 6.07) is 5.79. The van der Waals surface area contributed by atoms with Crippen molar-refractivity contribution in [2.24, 2.45) is 0 Å². The molecule has 3 heteroatoms. The van der Waals surface area contributed by atoms with Crippen molar-refractivity contribution in [1.29, 1.82) is 0 Å². The van der Waals surface area contributed by atoms with Crippen molar-refractivity contribution in [2.75, 3.05) is 13.1 Å². The summed E-state index contributed by atoms with van der Waals surface area (Å²) in [5, 5.41) is 4.64. The molecular weight excluding hydrogens is 241 g/mol. The molecule has 1 heterocycles. The molecular formula is C13H15Cl2N. The van der Waals surface area contributed by atoms with Gasteiger partial charge in [0.15, 0.2) is 0 Å². The van der Waals surface area contributed by atoms with E-state index in [9.17, 15) is 0 Å². The smallest absolute Gasteiger partial charge is 0.0598 e. The van der Waals surface area contributed by atoms with Gasteiger partial charge >= 0.3 is 0 Å². The van der Waals surface area contributed by atoms with Crippen molar-refractivity contribution in [2.45, 2.75) is 19.3 Å². The fraction of sp³-hybridized carbons (Fsp3) is 0.385. The predicted octanol–water partition coefficient (Wildman–Crippen LogP) is 4.15. The third kappa shape index (κ3) is 3.24. The summed E-state index contributed by atoms with van der Waals surface area (Å²) in [4.78, 5) is 0. The van der Waals surface area contributed by atoms with Crippen LogP contribution >= 0.6 is 23.2 Å². The maximum atomic E-state index is 5.99. The van der Waals surface area contributed by atoms with E-state index in [1.54, 1.807) is 0 Å². The first-order valence-corrected chi connectivity index (χ1v) is 6.36. The summed E-state index contributed by atoms with van der Waals surface area (Å²) < 4.78 is 0. The first-order chi connectivity index (χ1) is 7.75. The Labute approximate surface area is 106 Å². The highest BCUT2D eigenvalue weighted by atomic mass is 35.5. The average molecular weight is 256 g/mol. The van der Waals surface area contributed by atoms with Gasteiger partial charge in [0.2, 0.25) is 0 Å². The summed E-state index contributed by atoms with van der Waals surface area (Å²) in [6.07, 6.45) is 5.75. The molecule has 1 aliphatic rings. The monoisotopic (exact) mass is 255 g/mol. The molecule has 1 saturated heterocycles.